The average Bonchev–Trinajstić information content (AvgIpc) is 2.68. The molecule has 0 spiro atoms. The van der Waals surface area contributed by atoms with Crippen LogP contribution < -0.4 is 11.5 Å². The van der Waals surface area contributed by atoms with Crippen LogP contribution in [0.2, 0.25) is 0 Å². The summed E-state index contributed by atoms with van der Waals surface area (Å²) in [6.45, 7) is 6.32. The minimum Gasteiger partial charge on any atom is -0.508 e. The molecule has 0 bridgehead atoms. The maximum absolute atomic E-state index is 9.85. The number of benzene rings is 1. The number of nitrogen functional groups attached to an aromatic ring is 1. The number of phenolic OH excluding ortho intramolecular Hbond substituents is 1. The van der Waals surface area contributed by atoms with Crippen molar-refractivity contribution in [2.45, 2.75) is 64.3 Å². The van der Waals surface area contributed by atoms with Gasteiger partial charge in [-0.1, -0.05) is 24.4 Å². The van der Waals surface area contributed by atoms with Gasteiger partial charge in [0.25, 0.3) is 0 Å². The van der Waals surface area contributed by atoms with Crippen LogP contribution in [-0.2, 0) is 10.3 Å². The summed E-state index contributed by atoms with van der Waals surface area (Å²) < 4.78 is 0. The minimum atomic E-state index is -0.531. The lowest BCUT2D eigenvalue weighted by atomic mass is 9.70. The lowest BCUT2D eigenvalue weighted by molar-refractivity contribution is 0.157. The Bertz CT molecular complexity index is 889. The standard InChI is InChI=1S/C16H18N4O2.C6H13N/c1-4-22-20-14-11-7-9(21)5-6-10(11)13-12(16(14,2)3)15(17)19-8-18-13;7-6-4-2-1-3-5-6/h5-8,21H,4H2,1-3H3,(H2,17,18,19);6H,1-5,7H2/b20-14+;. The van der Waals surface area contributed by atoms with Gasteiger partial charge in [0.1, 0.15) is 24.5 Å². The topological polar surface area (TPSA) is 120 Å². The van der Waals surface area contributed by atoms with Crippen molar-refractivity contribution in [3.05, 3.63) is 35.7 Å². The van der Waals surface area contributed by atoms with Crippen molar-refractivity contribution in [1.82, 2.24) is 9.97 Å². The number of hydrogen-bond acceptors (Lipinski definition) is 7. The molecule has 7 heteroatoms. The van der Waals surface area contributed by atoms with E-state index >= 15 is 0 Å². The SMILES string of the molecule is CCO/N=C1\c2cc(O)ccc2-c2ncnc(N)c2C1(C)C.NC1CCCCC1. The van der Waals surface area contributed by atoms with Crippen molar-refractivity contribution >= 4 is 11.5 Å². The smallest absolute Gasteiger partial charge is 0.131 e. The van der Waals surface area contributed by atoms with E-state index < -0.39 is 5.41 Å². The summed E-state index contributed by atoms with van der Waals surface area (Å²) in [6, 6.07) is 5.65. The lowest BCUT2D eigenvalue weighted by Gasteiger charge is -2.34. The van der Waals surface area contributed by atoms with Gasteiger partial charge in [-0.3, -0.25) is 0 Å². The first-order chi connectivity index (χ1) is 13.9. The molecule has 29 heavy (non-hydrogen) atoms. The molecule has 5 N–H and O–H groups in total. The van der Waals surface area contributed by atoms with Crippen LogP contribution in [0.5, 0.6) is 5.75 Å². The first kappa shape index (κ1) is 21.0. The lowest BCUT2D eigenvalue weighted by Crippen LogP contribution is -2.36. The number of phenols is 1. The highest BCUT2D eigenvalue weighted by molar-refractivity contribution is 6.15. The molecule has 0 unspecified atom stereocenters. The van der Waals surface area contributed by atoms with Gasteiger partial charge in [0.15, 0.2) is 0 Å². The fourth-order valence-corrected chi connectivity index (χ4v) is 4.04. The molecule has 0 atom stereocenters. The molecule has 1 fully saturated rings. The molecule has 2 aliphatic rings. The van der Waals surface area contributed by atoms with Gasteiger partial charge in [-0.05, 0) is 51.8 Å². The number of oxime groups is 1. The van der Waals surface area contributed by atoms with E-state index in [9.17, 15) is 5.11 Å². The van der Waals surface area contributed by atoms with Gasteiger partial charge in [-0.25, -0.2) is 9.97 Å². The van der Waals surface area contributed by atoms with E-state index in [1.807, 2.05) is 26.8 Å². The Morgan fingerprint density at radius 1 is 1.17 bits per heavy atom. The summed E-state index contributed by atoms with van der Waals surface area (Å²) in [6.07, 6.45) is 8.11. The van der Waals surface area contributed by atoms with Gasteiger partial charge < -0.3 is 21.4 Å². The highest BCUT2D eigenvalue weighted by Crippen LogP contribution is 2.45. The molecule has 1 aromatic carbocycles. The number of nitrogens with two attached hydrogens (primary N) is 2. The van der Waals surface area contributed by atoms with E-state index in [0.717, 1.165) is 22.4 Å². The van der Waals surface area contributed by atoms with Crippen LogP contribution in [0.15, 0.2) is 29.7 Å². The Kier molecular flexibility index (Phi) is 6.37. The predicted molar refractivity (Wildman–Crippen MR) is 116 cm³/mol. The van der Waals surface area contributed by atoms with Gasteiger partial charge in [0.2, 0.25) is 0 Å². The molecular weight excluding hydrogens is 366 g/mol. The van der Waals surface area contributed by atoms with Crippen LogP contribution in [0.1, 0.15) is 64.0 Å². The van der Waals surface area contributed by atoms with E-state index in [4.69, 9.17) is 16.3 Å². The molecule has 156 valence electrons. The number of hydrogen-bond donors (Lipinski definition) is 3. The van der Waals surface area contributed by atoms with Crippen molar-refractivity contribution in [2.24, 2.45) is 10.9 Å². The van der Waals surface area contributed by atoms with E-state index in [-0.39, 0.29) is 5.75 Å². The summed E-state index contributed by atoms with van der Waals surface area (Å²) in [7, 11) is 0. The number of anilines is 1. The summed E-state index contributed by atoms with van der Waals surface area (Å²) in [4.78, 5) is 13.8. The van der Waals surface area contributed by atoms with Crippen molar-refractivity contribution < 1.29 is 9.94 Å². The van der Waals surface area contributed by atoms with Crippen molar-refractivity contribution in [2.75, 3.05) is 12.3 Å². The molecule has 7 nitrogen and oxygen atoms in total. The summed E-state index contributed by atoms with van der Waals surface area (Å²) in [5.74, 6) is 0.599. The predicted octanol–water partition coefficient (Wildman–Crippen LogP) is 3.74. The number of aromatic nitrogens is 2. The van der Waals surface area contributed by atoms with Crippen LogP contribution in [0.4, 0.5) is 5.82 Å². The average molecular weight is 398 g/mol. The quantitative estimate of drug-likeness (QED) is 0.664. The van der Waals surface area contributed by atoms with Crippen LogP contribution in [0.25, 0.3) is 11.3 Å². The maximum atomic E-state index is 9.85. The molecular formula is C22H31N5O2. The second-order valence-corrected chi connectivity index (χ2v) is 8.09. The zero-order valence-corrected chi connectivity index (χ0v) is 17.5. The third kappa shape index (κ3) is 4.34. The molecule has 2 aromatic rings. The largest absolute Gasteiger partial charge is 0.508 e. The second-order valence-electron chi connectivity index (χ2n) is 8.09. The van der Waals surface area contributed by atoms with E-state index in [0.29, 0.717) is 24.2 Å². The number of aromatic hydroxyl groups is 1. The Morgan fingerprint density at radius 2 is 1.90 bits per heavy atom. The molecule has 0 saturated heterocycles. The molecule has 1 saturated carbocycles. The van der Waals surface area contributed by atoms with Gasteiger partial charge >= 0.3 is 0 Å². The van der Waals surface area contributed by atoms with Gasteiger partial charge in [-0.2, -0.15) is 0 Å². The van der Waals surface area contributed by atoms with Crippen molar-refractivity contribution in [3.63, 3.8) is 0 Å². The van der Waals surface area contributed by atoms with Crippen molar-refractivity contribution in [1.29, 1.82) is 0 Å². The highest BCUT2D eigenvalue weighted by Gasteiger charge is 2.40. The fourth-order valence-electron chi connectivity index (χ4n) is 4.04. The molecule has 2 aliphatic carbocycles. The normalized spacial score (nSPS) is 19.0. The van der Waals surface area contributed by atoms with Crippen LogP contribution in [0.3, 0.4) is 0 Å². The Hall–Kier alpha value is -2.67. The molecule has 1 heterocycles. The van der Waals surface area contributed by atoms with E-state index in [1.54, 1.807) is 12.1 Å². The molecule has 0 aliphatic heterocycles. The third-order valence-corrected chi connectivity index (χ3v) is 5.54. The number of nitrogens with zero attached hydrogens (tertiary/aromatic N) is 3. The Labute approximate surface area is 172 Å². The molecule has 0 amide bonds. The molecule has 0 radical (unpaired) electrons. The first-order valence-corrected chi connectivity index (χ1v) is 10.3. The maximum Gasteiger partial charge on any atom is 0.131 e. The van der Waals surface area contributed by atoms with Crippen LogP contribution in [-0.4, -0.2) is 33.4 Å². The zero-order chi connectivity index (χ0) is 21.0. The van der Waals surface area contributed by atoms with Gasteiger partial charge in [0.05, 0.1) is 11.4 Å². The number of fused-ring (bicyclic) bond motifs is 3. The third-order valence-electron chi connectivity index (χ3n) is 5.54. The fraction of sp³-hybridized carbons (Fsp3) is 0.500. The first-order valence-electron chi connectivity index (χ1n) is 10.3. The Morgan fingerprint density at radius 3 is 2.52 bits per heavy atom. The van der Waals surface area contributed by atoms with Gasteiger partial charge in [-0.15, -0.1) is 0 Å². The van der Waals surface area contributed by atoms with E-state index in [1.165, 1.54) is 38.4 Å². The minimum absolute atomic E-state index is 0.171. The van der Waals surface area contributed by atoms with Crippen LogP contribution in [0, 0.1) is 0 Å². The van der Waals surface area contributed by atoms with Crippen molar-refractivity contribution in [3.8, 4) is 17.0 Å². The number of rotatable bonds is 2. The second kappa shape index (κ2) is 8.78. The summed E-state index contributed by atoms with van der Waals surface area (Å²) in [5, 5.41) is 14.1. The van der Waals surface area contributed by atoms with Crippen LogP contribution >= 0.6 is 0 Å². The monoisotopic (exact) mass is 397 g/mol. The highest BCUT2D eigenvalue weighted by atomic mass is 16.6. The summed E-state index contributed by atoms with van der Waals surface area (Å²) in [5.41, 5.74) is 15.2. The molecule has 4 rings (SSSR count). The zero-order valence-electron chi connectivity index (χ0n) is 17.5. The summed E-state index contributed by atoms with van der Waals surface area (Å²) >= 11 is 0. The van der Waals surface area contributed by atoms with E-state index in [2.05, 4.69) is 15.1 Å². The Balaban J connectivity index is 0.000000290. The van der Waals surface area contributed by atoms with Gasteiger partial charge in [0, 0.05) is 28.1 Å². The molecule has 1 aromatic heterocycles.